The number of hydrogen-bond acceptors (Lipinski definition) is 6. The zero-order valence-electron chi connectivity index (χ0n) is 10.8. The Morgan fingerprint density at radius 1 is 0.722 bits per heavy atom. The summed E-state index contributed by atoms with van der Waals surface area (Å²) in [7, 11) is 0. The molecule has 1 N–H and O–H groups in total. The van der Waals surface area contributed by atoms with Crippen LogP contribution in [0.2, 0.25) is 0 Å². The van der Waals surface area contributed by atoms with E-state index in [1.165, 1.54) is 0 Å². The van der Waals surface area contributed by atoms with Gasteiger partial charge in [-0.3, -0.25) is 0 Å². The van der Waals surface area contributed by atoms with Crippen molar-refractivity contribution in [2.24, 2.45) is 0 Å². The first-order valence-electron chi connectivity index (χ1n) is 6.47. The van der Waals surface area contributed by atoms with E-state index >= 15 is 0 Å². The minimum absolute atomic E-state index is 0.0834. The van der Waals surface area contributed by atoms with Crippen LogP contribution in [0.25, 0.3) is 0 Å². The molecule has 1 aliphatic rings. The van der Waals surface area contributed by atoms with Crippen LogP contribution in [0.15, 0.2) is 0 Å². The molecule has 1 unspecified atom stereocenters. The first-order valence-corrected chi connectivity index (χ1v) is 6.47. The molecule has 1 atom stereocenters. The quantitative estimate of drug-likeness (QED) is 0.747. The Balaban J connectivity index is 2.20. The Morgan fingerprint density at radius 2 is 1.22 bits per heavy atom. The van der Waals surface area contributed by atoms with E-state index in [2.05, 4.69) is 0 Å². The van der Waals surface area contributed by atoms with Crippen molar-refractivity contribution >= 4 is 0 Å². The maximum absolute atomic E-state index is 8.92. The predicted octanol–water partition coefficient (Wildman–Crippen LogP) is -0.166. The molecular formula is C12H24O6. The maximum Gasteiger partial charge on any atom is 0.0831 e. The lowest BCUT2D eigenvalue weighted by atomic mass is 10.3. The molecule has 1 fully saturated rings. The first-order chi connectivity index (χ1) is 8.93. The van der Waals surface area contributed by atoms with Crippen LogP contribution in [0, 0.1) is 0 Å². The van der Waals surface area contributed by atoms with Gasteiger partial charge in [0.25, 0.3) is 0 Å². The summed E-state index contributed by atoms with van der Waals surface area (Å²) >= 11 is 0. The van der Waals surface area contributed by atoms with Crippen LogP contribution in [-0.4, -0.2) is 77.3 Å². The van der Waals surface area contributed by atoms with E-state index in [0.29, 0.717) is 65.9 Å². The van der Waals surface area contributed by atoms with Crippen molar-refractivity contribution in [3.63, 3.8) is 0 Å². The molecule has 6 heteroatoms. The molecule has 6 nitrogen and oxygen atoms in total. The van der Waals surface area contributed by atoms with E-state index < -0.39 is 0 Å². The fraction of sp³-hybridized carbons (Fsp3) is 1.00. The molecule has 0 amide bonds. The van der Waals surface area contributed by atoms with Crippen LogP contribution in [0.1, 0.15) is 6.42 Å². The van der Waals surface area contributed by atoms with Crippen LogP contribution in [0.5, 0.6) is 0 Å². The van der Waals surface area contributed by atoms with Gasteiger partial charge in [0.1, 0.15) is 0 Å². The molecule has 0 radical (unpaired) electrons. The fourth-order valence-corrected chi connectivity index (χ4v) is 1.51. The van der Waals surface area contributed by atoms with Crippen molar-refractivity contribution < 1.29 is 28.8 Å². The number of aliphatic hydroxyl groups excluding tert-OH is 1. The molecule has 0 saturated carbocycles. The zero-order valence-corrected chi connectivity index (χ0v) is 10.8. The Hall–Kier alpha value is -0.240. The van der Waals surface area contributed by atoms with Gasteiger partial charge < -0.3 is 28.8 Å². The standard InChI is InChI=1S/C12H24O6/c13-2-1-12-11-17-8-7-15-4-3-14-5-6-16-9-10-18-12/h12-13H,1-11H2. The Kier molecular flexibility index (Phi) is 10.4. The summed E-state index contributed by atoms with van der Waals surface area (Å²) in [6, 6.07) is 0. The van der Waals surface area contributed by atoms with E-state index in [4.69, 9.17) is 28.8 Å². The second kappa shape index (κ2) is 11.8. The summed E-state index contributed by atoms with van der Waals surface area (Å²) in [5.41, 5.74) is 0. The van der Waals surface area contributed by atoms with Crippen molar-refractivity contribution in [1.29, 1.82) is 0 Å². The van der Waals surface area contributed by atoms with Crippen molar-refractivity contribution in [1.82, 2.24) is 0 Å². The third-order valence-corrected chi connectivity index (χ3v) is 2.45. The highest BCUT2D eigenvalue weighted by atomic mass is 16.6. The van der Waals surface area contributed by atoms with E-state index in [1.54, 1.807) is 0 Å². The Labute approximate surface area is 108 Å². The summed E-state index contributed by atoms with van der Waals surface area (Å²) in [4.78, 5) is 0. The average Bonchev–Trinajstić information content (AvgIpc) is 2.39. The molecule has 0 aromatic heterocycles. The molecule has 0 spiro atoms. The Bertz CT molecular complexity index is 162. The Morgan fingerprint density at radius 3 is 1.78 bits per heavy atom. The summed E-state index contributed by atoms with van der Waals surface area (Å²) in [6.07, 6.45) is 0.490. The lowest BCUT2D eigenvalue weighted by molar-refractivity contribution is -0.0529. The minimum atomic E-state index is -0.0834. The van der Waals surface area contributed by atoms with Gasteiger partial charge in [-0.05, 0) is 6.42 Å². The van der Waals surface area contributed by atoms with Gasteiger partial charge >= 0.3 is 0 Å². The second-order valence-corrected chi connectivity index (χ2v) is 3.92. The molecule has 0 aromatic rings. The van der Waals surface area contributed by atoms with Crippen LogP contribution in [-0.2, 0) is 23.7 Å². The van der Waals surface area contributed by atoms with Gasteiger partial charge in [-0.1, -0.05) is 0 Å². The van der Waals surface area contributed by atoms with Gasteiger partial charge in [0.15, 0.2) is 0 Å². The SMILES string of the molecule is OCCC1COCCOCCOCCOCCO1. The molecule has 1 heterocycles. The van der Waals surface area contributed by atoms with Gasteiger partial charge in [0.2, 0.25) is 0 Å². The smallest absolute Gasteiger partial charge is 0.0831 e. The highest BCUT2D eigenvalue weighted by Crippen LogP contribution is 2.00. The maximum atomic E-state index is 8.92. The number of aliphatic hydroxyl groups is 1. The topological polar surface area (TPSA) is 66.4 Å². The number of hydrogen-bond donors (Lipinski definition) is 1. The summed E-state index contributed by atoms with van der Waals surface area (Å²) in [5.74, 6) is 0. The van der Waals surface area contributed by atoms with Crippen LogP contribution in [0.4, 0.5) is 0 Å². The molecular weight excluding hydrogens is 240 g/mol. The predicted molar refractivity (Wildman–Crippen MR) is 64.7 cm³/mol. The molecule has 1 saturated heterocycles. The van der Waals surface area contributed by atoms with Gasteiger partial charge in [-0.2, -0.15) is 0 Å². The average molecular weight is 264 g/mol. The molecule has 1 rings (SSSR count). The summed E-state index contributed by atoms with van der Waals surface area (Å²) in [6.45, 7) is 4.96. The summed E-state index contributed by atoms with van der Waals surface area (Å²) < 4.78 is 27.0. The van der Waals surface area contributed by atoms with Crippen LogP contribution < -0.4 is 0 Å². The number of rotatable bonds is 2. The van der Waals surface area contributed by atoms with Crippen molar-refractivity contribution in [2.75, 3.05) is 66.1 Å². The van der Waals surface area contributed by atoms with E-state index in [0.717, 1.165) is 0 Å². The molecule has 0 bridgehead atoms. The number of ether oxygens (including phenoxy) is 5. The van der Waals surface area contributed by atoms with Gasteiger partial charge in [-0.15, -0.1) is 0 Å². The monoisotopic (exact) mass is 264 g/mol. The van der Waals surface area contributed by atoms with E-state index in [-0.39, 0.29) is 12.7 Å². The van der Waals surface area contributed by atoms with Gasteiger partial charge in [0.05, 0.1) is 65.6 Å². The molecule has 108 valence electrons. The molecule has 0 aromatic carbocycles. The van der Waals surface area contributed by atoms with Crippen molar-refractivity contribution in [3.8, 4) is 0 Å². The van der Waals surface area contributed by atoms with Gasteiger partial charge in [-0.25, -0.2) is 0 Å². The van der Waals surface area contributed by atoms with Crippen LogP contribution in [0.3, 0.4) is 0 Å². The molecule has 18 heavy (non-hydrogen) atoms. The minimum Gasteiger partial charge on any atom is -0.396 e. The second-order valence-electron chi connectivity index (χ2n) is 3.92. The van der Waals surface area contributed by atoms with Crippen LogP contribution >= 0.6 is 0 Å². The lowest BCUT2D eigenvalue weighted by Gasteiger charge is -2.17. The van der Waals surface area contributed by atoms with Gasteiger partial charge in [0, 0.05) is 6.61 Å². The largest absolute Gasteiger partial charge is 0.396 e. The third-order valence-electron chi connectivity index (χ3n) is 2.45. The van der Waals surface area contributed by atoms with E-state index in [9.17, 15) is 0 Å². The highest BCUT2D eigenvalue weighted by molar-refractivity contribution is 4.56. The fourth-order valence-electron chi connectivity index (χ4n) is 1.51. The normalized spacial score (nSPS) is 26.2. The third kappa shape index (κ3) is 8.79. The summed E-state index contributed by atoms with van der Waals surface area (Å²) in [5, 5.41) is 8.92. The van der Waals surface area contributed by atoms with Crippen molar-refractivity contribution in [2.45, 2.75) is 12.5 Å². The van der Waals surface area contributed by atoms with Crippen molar-refractivity contribution in [3.05, 3.63) is 0 Å². The highest BCUT2D eigenvalue weighted by Gasteiger charge is 2.09. The first kappa shape index (κ1) is 15.8. The molecule has 0 aliphatic carbocycles. The molecule has 1 aliphatic heterocycles. The zero-order chi connectivity index (χ0) is 12.9. The van der Waals surface area contributed by atoms with E-state index in [1.807, 2.05) is 0 Å². The lowest BCUT2D eigenvalue weighted by Crippen LogP contribution is -2.24.